The number of hydrogen-bond acceptors (Lipinski definition) is 3. The zero-order valence-electron chi connectivity index (χ0n) is 9.70. The van der Waals surface area contributed by atoms with E-state index in [0.717, 1.165) is 24.8 Å². The van der Waals surface area contributed by atoms with Gasteiger partial charge in [0.25, 0.3) is 0 Å². The second kappa shape index (κ2) is 4.41. The van der Waals surface area contributed by atoms with Crippen molar-refractivity contribution in [3.05, 3.63) is 35.9 Å². The maximum Gasteiger partial charge on any atom is 0.115 e. The smallest absolute Gasteiger partial charge is 0.115 e. The van der Waals surface area contributed by atoms with E-state index in [2.05, 4.69) is 0 Å². The molecule has 1 heterocycles. The van der Waals surface area contributed by atoms with Gasteiger partial charge in [-0.3, -0.25) is 0 Å². The Kier molecular flexibility index (Phi) is 2.90. The maximum atomic E-state index is 10.2. The number of hydrogen-bond donors (Lipinski definition) is 2. The molecular formula is C14H18O3. The van der Waals surface area contributed by atoms with Gasteiger partial charge in [-0.25, -0.2) is 0 Å². The van der Waals surface area contributed by atoms with Crippen molar-refractivity contribution in [1.82, 2.24) is 0 Å². The molecule has 0 radical (unpaired) electrons. The molecule has 1 saturated heterocycles. The summed E-state index contributed by atoms with van der Waals surface area (Å²) in [5.41, 5.74) is 1.11. The Balaban J connectivity index is 1.64. The van der Waals surface area contributed by atoms with Crippen LogP contribution >= 0.6 is 0 Å². The first-order valence-corrected chi connectivity index (χ1v) is 6.34. The molecule has 2 aliphatic rings. The molecule has 0 aromatic heterocycles. The lowest BCUT2D eigenvalue weighted by Crippen LogP contribution is -2.31. The second-order valence-corrected chi connectivity index (χ2v) is 5.08. The van der Waals surface area contributed by atoms with Crippen LogP contribution < -0.4 is 0 Å². The van der Waals surface area contributed by atoms with E-state index in [4.69, 9.17) is 4.74 Å². The molecule has 2 fully saturated rings. The minimum atomic E-state index is -0.530. The zero-order chi connectivity index (χ0) is 11.8. The number of aliphatic hydroxyl groups excluding tert-OH is 2. The predicted molar refractivity (Wildman–Crippen MR) is 63.4 cm³/mol. The Bertz CT molecular complexity index is 378. The molecule has 17 heavy (non-hydrogen) atoms. The second-order valence-electron chi connectivity index (χ2n) is 5.08. The molecule has 1 aliphatic carbocycles. The summed E-state index contributed by atoms with van der Waals surface area (Å²) in [4.78, 5) is 0. The van der Waals surface area contributed by atoms with Crippen molar-refractivity contribution < 1.29 is 14.9 Å². The molecule has 5 atom stereocenters. The molecule has 1 aromatic carbocycles. The van der Waals surface area contributed by atoms with Crippen LogP contribution in [0.25, 0.3) is 0 Å². The third kappa shape index (κ3) is 2.10. The van der Waals surface area contributed by atoms with Crippen LogP contribution in [0.5, 0.6) is 0 Å². The number of aliphatic hydroxyl groups is 2. The largest absolute Gasteiger partial charge is 0.393 e. The number of benzene rings is 1. The molecule has 1 unspecified atom stereocenters. The quantitative estimate of drug-likeness (QED) is 0.782. The van der Waals surface area contributed by atoms with Crippen molar-refractivity contribution in [2.75, 3.05) is 0 Å². The van der Waals surface area contributed by atoms with Gasteiger partial charge in [-0.1, -0.05) is 36.8 Å². The summed E-state index contributed by atoms with van der Waals surface area (Å²) in [6, 6.07) is 9.96. The fraction of sp³-hybridized carbons (Fsp3) is 0.571. The normalized spacial score (nSPS) is 38.0. The van der Waals surface area contributed by atoms with E-state index in [0.29, 0.717) is 0 Å². The van der Waals surface area contributed by atoms with E-state index in [1.54, 1.807) is 0 Å². The Morgan fingerprint density at radius 3 is 2.59 bits per heavy atom. The van der Waals surface area contributed by atoms with E-state index in [1.807, 2.05) is 30.3 Å². The average molecular weight is 234 g/mol. The van der Waals surface area contributed by atoms with Crippen molar-refractivity contribution in [2.24, 2.45) is 5.92 Å². The lowest BCUT2D eigenvalue weighted by Gasteiger charge is -2.19. The van der Waals surface area contributed by atoms with Gasteiger partial charge >= 0.3 is 0 Å². The van der Waals surface area contributed by atoms with Crippen LogP contribution in [0, 0.1) is 5.92 Å². The molecule has 1 saturated carbocycles. The van der Waals surface area contributed by atoms with Crippen molar-refractivity contribution >= 4 is 0 Å². The number of rotatable bonds is 3. The van der Waals surface area contributed by atoms with Crippen LogP contribution in [0.4, 0.5) is 0 Å². The molecule has 3 nitrogen and oxygen atoms in total. The van der Waals surface area contributed by atoms with Gasteiger partial charge in [-0.15, -0.1) is 0 Å². The number of epoxide rings is 1. The first kappa shape index (κ1) is 11.2. The molecule has 92 valence electrons. The standard InChI is InChI=1S/C14H18O3/c15-11-8-4-7-10(11)12(16)14-13(17-14)9-5-2-1-3-6-9/h1-3,5-6,10-16H,4,7-8H2/t10-,11-,12?,13+,14+/m0/s1. The Morgan fingerprint density at radius 2 is 1.94 bits per heavy atom. The minimum Gasteiger partial charge on any atom is -0.393 e. The highest BCUT2D eigenvalue weighted by Crippen LogP contribution is 2.45. The molecule has 2 N–H and O–H groups in total. The van der Waals surface area contributed by atoms with E-state index in [9.17, 15) is 10.2 Å². The average Bonchev–Trinajstić information content (AvgIpc) is 3.05. The molecule has 0 spiro atoms. The summed E-state index contributed by atoms with van der Waals surface area (Å²) in [5, 5.41) is 20.0. The lowest BCUT2D eigenvalue weighted by molar-refractivity contribution is 0.0157. The van der Waals surface area contributed by atoms with Crippen molar-refractivity contribution in [1.29, 1.82) is 0 Å². The predicted octanol–water partition coefficient (Wildman–Crippen LogP) is 1.65. The first-order valence-electron chi connectivity index (χ1n) is 6.34. The van der Waals surface area contributed by atoms with Gasteiger partial charge in [0, 0.05) is 5.92 Å². The van der Waals surface area contributed by atoms with Crippen LogP contribution in [0.2, 0.25) is 0 Å². The lowest BCUT2D eigenvalue weighted by atomic mass is 9.93. The van der Waals surface area contributed by atoms with E-state index < -0.39 is 6.10 Å². The highest BCUT2D eigenvalue weighted by atomic mass is 16.6. The van der Waals surface area contributed by atoms with Crippen LogP contribution in [-0.2, 0) is 4.74 Å². The zero-order valence-corrected chi connectivity index (χ0v) is 9.70. The van der Waals surface area contributed by atoms with Gasteiger partial charge in [0.2, 0.25) is 0 Å². The summed E-state index contributed by atoms with van der Waals surface area (Å²) in [6.45, 7) is 0. The van der Waals surface area contributed by atoms with Crippen molar-refractivity contribution in [3.63, 3.8) is 0 Å². The summed E-state index contributed by atoms with van der Waals surface area (Å²) in [6.07, 6.45) is 1.72. The maximum absolute atomic E-state index is 10.2. The van der Waals surface area contributed by atoms with Gasteiger partial charge in [0.1, 0.15) is 12.2 Å². The van der Waals surface area contributed by atoms with E-state index in [-0.39, 0.29) is 24.2 Å². The molecule has 3 rings (SSSR count). The monoisotopic (exact) mass is 234 g/mol. The first-order chi connectivity index (χ1) is 8.27. The molecular weight excluding hydrogens is 216 g/mol. The van der Waals surface area contributed by atoms with Crippen LogP contribution in [-0.4, -0.2) is 28.5 Å². The summed E-state index contributed by atoms with van der Waals surface area (Å²) in [7, 11) is 0. The Morgan fingerprint density at radius 1 is 1.18 bits per heavy atom. The van der Waals surface area contributed by atoms with Crippen molar-refractivity contribution in [3.8, 4) is 0 Å². The van der Waals surface area contributed by atoms with Crippen molar-refractivity contribution in [2.45, 2.75) is 43.7 Å². The van der Waals surface area contributed by atoms with Gasteiger partial charge in [-0.05, 0) is 18.4 Å². The summed E-state index contributed by atoms with van der Waals surface area (Å²) in [5.74, 6) is -0.00582. The third-order valence-electron chi connectivity index (χ3n) is 3.96. The fourth-order valence-electron chi connectivity index (χ4n) is 2.91. The van der Waals surface area contributed by atoms with Gasteiger partial charge < -0.3 is 14.9 Å². The third-order valence-corrected chi connectivity index (χ3v) is 3.96. The van der Waals surface area contributed by atoms with Gasteiger partial charge in [0.05, 0.1) is 12.2 Å². The molecule has 1 aromatic rings. The fourth-order valence-corrected chi connectivity index (χ4v) is 2.91. The SMILES string of the molecule is OC([C@H]1CCC[C@@H]1O)[C@H]1O[C@@H]1c1ccccc1. The molecule has 1 aliphatic heterocycles. The van der Waals surface area contributed by atoms with Crippen LogP contribution in [0.15, 0.2) is 30.3 Å². The summed E-state index contributed by atoms with van der Waals surface area (Å²) < 4.78 is 5.56. The highest BCUT2D eigenvalue weighted by molar-refractivity contribution is 5.23. The van der Waals surface area contributed by atoms with Crippen LogP contribution in [0.3, 0.4) is 0 Å². The molecule has 0 bridgehead atoms. The van der Waals surface area contributed by atoms with Crippen LogP contribution in [0.1, 0.15) is 30.9 Å². The van der Waals surface area contributed by atoms with Gasteiger partial charge in [0.15, 0.2) is 0 Å². The molecule has 3 heteroatoms. The molecule has 0 amide bonds. The summed E-state index contributed by atoms with van der Waals surface area (Å²) >= 11 is 0. The Hall–Kier alpha value is -0.900. The van der Waals surface area contributed by atoms with E-state index >= 15 is 0 Å². The minimum absolute atomic E-state index is 0.00582. The topological polar surface area (TPSA) is 53.0 Å². The Labute approximate surface area is 101 Å². The van der Waals surface area contributed by atoms with E-state index in [1.165, 1.54) is 0 Å². The highest BCUT2D eigenvalue weighted by Gasteiger charge is 2.49. The number of ether oxygens (including phenoxy) is 1. The van der Waals surface area contributed by atoms with Gasteiger partial charge in [-0.2, -0.15) is 0 Å².